The largest absolute Gasteiger partial charge is 0.463 e. The van der Waals surface area contributed by atoms with Gasteiger partial charge in [-0.2, -0.15) is 0 Å². The fourth-order valence-electron chi connectivity index (χ4n) is 0.269. The minimum Gasteiger partial charge on any atom is -0.463 e. The van der Waals surface area contributed by atoms with Gasteiger partial charge in [0.15, 0.2) is 0 Å². The Morgan fingerprint density at radius 3 is 1.25 bits per heavy atom. The van der Waals surface area contributed by atoms with E-state index in [9.17, 15) is 4.79 Å². The Labute approximate surface area is 126 Å². The van der Waals surface area contributed by atoms with E-state index >= 15 is 0 Å². The van der Waals surface area contributed by atoms with Crippen LogP contribution < -0.4 is 0 Å². The van der Waals surface area contributed by atoms with E-state index in [-0.39, 0.29) is 5.97 Å². The molecule has 0 aromatic rings. The smallest absolute Gasteiger partial charge is 0.302 e. The van der Waals surface area contributed by atoms with Crippen molar-refractivity contribution in [3.05, 3.63) is 50.6 Å². The molecular weight excluding hydrogens is 252 g/mol. The minimum atomic E-state index is -0.262. The highest BCUT2D eigenvalue weighted by atomic mass is 16.6. The third kappa shape index (κ3) is 338. The van der Waals surface area contributed by atoms with Gasteiger partial charge in [-0.1, -0.05) is 24.3 Å². The lowest BCUT2D eigenvalue weighted by molar-refractivity contribution is -0.142. The summed E-state index contributed by atoms with van der Waals surface area (Å²) in [5.74, 6) is -0.262. The maximum absolute atomic E-state index is 10.0. The molecule has 0 saturated carbocycles. The topological polar surface area (TPSA) is 35.5 Å². The monoisotopic (exact) mass is 286 g/mol. The zero-order valence-electron chi connectivity index (χ0n) is 14.3. The summed E-state index contributed by atoms with van der Waals surface area (Å²) in [6.07, 6.45) is 7.00. The van der Waals surface area contributed by atoms with Crippen molar-refractivity contribution in [1.29, 1.82) is 0 Å². The Morgan fingerprint density at radius 1 is 0.850 bits per heavy atom. The van der Waals surface area contributed by atoms with E-state index in [0.717, 1.165) is 0 Å². The molecule has 3 heteroatoms. The molecule has 0 aromatic carbocycles. The van der Waals surface area contributed by atoms with Crippen molar-refractivity contribution in [1.82, 2.24) is 0 Å². The number of hydrogen-bond acceptors (Lipinski definition) is 3. The first kappa shape index (κ1) is 31.0. The van der Waals surface area contributed by atoms with Gasteiger partial charge in [-0.25, -0.2) is 0 Å². The predicted molar refractivity (Wildman–Crippen MR) is 92.0 cm³/mol. The number of hydrogen-bond donors (Lipinski definition) is 0. The van der Waals surface area contributed by atoms with Crippen molar-refractivity contribution in [3.8, 4) is 0 Å². The Balaban J connectivity index is -0.0000000527. The molecule has 0 atom stereocenters. The first-order valence-electron chi connectivity index (χ1n) is 6.34. The molecule has 0 aliphatic carbocycles. The normalized spacial score (nSPS) is 6.10. The Kier molecular flexibility index (Phi) is 82.2. The van der Waals surface area contributed by atoms with Crippen molar-refractivity contribution in [2.75, 3.05) is 20.3 Å². The van der Waals surface area contributed by atoms with Gasteiger partial charge in [0.25, 0.3) is 0 Å². The highest BCUT2D eigenvalue weighted by Crippen LogP contribution is 1.74. The molecular formula is C17H34O3. The van der Waals surface area contributed by atoms with Gasteiger partial charge < -0.3 is 9.47 Å². The molecule has 0 spiro atoms. The van der Waals surface area contributed by atoms with Crippen LogP contribution in [0.1, 0.15) is 34.6 Å². The van der Waals surface area contributed by atoms with Crippen LogP contribution in [0.4, 0.5) is 0 Å². The van der Waals surface area contributed by atoms with Crippen molar-refractivity contribution in [3.63, 3.8) is 0 Å². The van der Waals surface area contributed by atoms with E-state index in [1.54, 1.807) is 31.4 Å². The summed E-state index contributed by atoms with van der Waals surface area (Å²) < 4.78 is 9.13. The molecule has 0 radical (unpaired) electrons. The molecule has 0 aromatic heterocycles. The molecule has 0 aliphatic rings. The molecule has 120 valence electrons. The molecule has 0 heterocycles. The van der Waals surface area contributed by atoms with Crippen molar-refractivity contribution in [2.24, 2.45) is 0 Å². The van der Waals surface area contributed by atoms with Crippen LogP contribution in [0.15, 0.2) is 50.6 Å². The molecule has 0 fully saturated rings. The number of carbonyl (C=O) groups excluding carboxylic acids is 1. The van der Waals surface area contributed by atoms with Crippen LogP contribution in [0.5, 0.6) is 0 Å². The molecule has 0 aliphatic heterocycles. The highest BCUT2D eigenvalue weighted by Gasteiger charge is 1.88. The van der Waals surface area contributed by atoms with Crippen LogP contribution in [0.2, 0.25) is 0 Å². The third-order valence-corrected chi connectivity index (χ3v) is 0.593. The molecule has 0 rings (SSSR count). The quantitative estimate of drug-likeness (QED) is 0.417. The lowest BCUT2D eigenvalue weighted by Crippen LogP contribution is -2.05. The van der Waals surface area contributed by atoms with Crippen molar-refractivity contribution < 1.29 is 14.3 Å². The van der Waals surface area contributed by atoms with Crippen molar-refractivity contribution >= 4 is 5.97 Å². The third-order valence-electron chi connectivity index (χ3n) is 0.593. The summed E-state index contributed by atoms with van der Waals surface area (Å²) in [6.45, 7) is 23.2. The van der Waals surface area contributed by atoms with E-state index < -0.39 is 0 Å². The maximum atomic E-state index is 10.0. The van der Waals surface area contributed by atoms with Crippen LogP contribution in [0.3, 0.4) is 0 Å². The summed E-state index contributed by atoms with van der Waals surface area (Å²) in [4.78, 5) is 10.0. The zero-order chi connectivity index (χ0) is 17.2. The van der Waals surface area contributed by atoms with Gasteiger partial charge in [-0.15, -0.1) is 26.3 Å². The predicted octanol–water partition coefficient (Wildman–Crippen LogP) is 4.97. The second kappa shape index (κ2) is 53.0. The second-order valence-corrected chi connectivity index (χ2v) is 2.97. The van der Waals surface area contributed by atoms with Crippen LogP contribution in [-0.2, 0) is 14.3 Å². The number of ether oxygens (including phenoxy) is 2. The molecule has 0 N–H and O–H groups in total. The van der Waals surface area contributed by atoms with Gasteiger partial charge in [0.05, 0.1) is 6.61 Å². The molecule has 3 nitrogen and oxygen atoms in total. The van der Waals surface area contributed by atoms with E-state index in [4.69, 9.17) is 0 Å². The fourth-order valence-corrected chi connectivity index (χ4v) is 0.269. The molecule has 0 amide bonds. The number of carbonyl (C=O) groups is 1. The standard InChI is InChI=1S/C5H10O3.4C3H6/c1-5(6)8-4-3-7-2;4*1-3-2/h3-4H2,1-2H3;4*3H,1H2,2H3. The average Bonchev–Trinajstić information content (AvgIpc) is 2.33. The summed E-state index contributed by atoms with van der Waals surface area (Å²) in [5.41, 5.74) is 0. The van der Waals surface area contributed by atoms with Gasteiger partial charge in [0, 0.05) is 14.0 Å². The first-order chi connectivity index (χ1) is 9.43. The van der Waals surface area contributed by atoms with Crippen LogP contribution in [-0.4, -0.2) is 26.3 Å². The molecule has 0 bridgehead atoms. The molecule has 0 unspecified atom stereocenters. The number of allylic oxidation sites excluding steroid dienone is 4. The van der Waals surface area contributed by atoms with E-state index in [1.807, 2.05) is 27.7 Å². The van der Waals surface area contributed by atoms with Gasteiger partial charge in [0.2, 0.25) is 0 Å². The highest BCUT2D eigenvalue weighted by molar-refractivity contribution is 5.65. The Bertz CT molecular complexity index is 172. The lowest BCUT2D eigenvalue weighted by atomic mass is 10.7. The van der Waals surface area contributed by atoms with E-state index in [1.165, 1.54) is 6.92 Å². The van der Waals surface area contributed by atoms with Crippen LogP contribution in [0.25, 0.3) is 0 Å². The Morgan fingerprint density at radius 2 is 1.10 bits per heavy atom. The van der Waals surface area contributed by atoms with Gasteiger partial charge in [-0.05, 0) is 27.7 Å². The minimum absolute atomic E-state index is 0.262. The van der Waals surface area contributed by atoms with Crippen LogP contribution >= 0.6 is 0 Å². The molecule has 20 heavy (non-hydrogen) atoms. The van der Waals surface area contributed by atoms with Crippen LogP contribution in [0, 0.1) is 0 Å². The number of methoxy groups -OCH3 is 1. The summed E-state index contributed by atoms with van der Waals surface area (Å²) in [6, 6.07) is 0. The van der Waals surface area contributed by atoms with E-state index in [0.29, 0.717) is 13.2 Å². The number of rotatable bonds is 3. The second-order valence-electron chi connectivity index (χ2n) is 2.97. The summed E-state index contributed by atoms with van der Waals surface area (Å²) in [7, 11) is 1.56. The summed E-state index contributed by atoms with van der Waals surface area (Å²) >= 11 is 0. The zero-order valence-corrected chi connectivity index (χ0v) is 14.3. The lowest BCUT2D eigenvalue weighted by Gasteiger charge is -1.97. The fraction of sp³-hybridized carbons (Fsp3) is 0.471. The SMILES string of the molecule is C=CC.C=CC.C=CC.C=CC.COCCOC(C)=O. The van der Waals surface area contributed by atoms with Crippen molar-refractivity contribution in [2.45, 2.75) is 34.6 Å². The summed E-state index contributed by atoms with van der Waals surface area (Å²) in [5, 5.41) is 0. The van der Waals surface area contributed by atoms with Gasteiger partial charge in [0.1, 0.15) is 6.61 Å². The average molecular weight is 286 g/mol. The number of esters is 1. The van der Waals surface area contributed by atoms with Gasteiger partial charge >= 0.3 is 5.97 Å². The molecule has 0 saturated heterocycles. The maximum Gasteiger partial charge on any atom is 0.302 e. The van der Waals surface area contributed by atoms with E-state index in [2.05, 4.69) is 35.8 Å². The van der Waals surface area contributed by atoms with Gasteiger partial charge in [-0.3, -0.25) is 4.79 Å². The first-order valence-corrected chi connectivity index (χ1v) is 6.34. The Hall–Kier alpha value is -1.61.